The lowest BCUT2D eigenvalue weighted by Gasteiger charge is -2.60. The second-order valence-corrected chi connectivity index (χ2v) is 11.9. The Bertz CT molecular complexity index is 994. The predicted octanol–water partition coefficient (Wildman–Crippen LogP) is 2.07. The van der Waals surface area contributed by atoms with Crippen LogP contribution in [-0.4, -0.2) is 31.8 Å². The van der Waals surface area contributed by atoms with Crippen molar-refractivity contribution in [3.63, 3.8) is 0 Å². The lowest BCUT2D eigenvalue weighted by molar-refractivity contribution is -0.137. The van der Waals surface area contributed by atoms with Crippen molar-refractivity contribution in [2.75, 3.05) is 0 Å². The first-order valence-corrected chi connectivity index (χ1v) is 12.3. The zero-order chi connectivity index (χ0) is 22.6. The van der Waals surface area contributed by atoms with Crippen molar-refractivity contribution in [2.24, 2.45) is 28.9 Å². The molecule has 4 aliphatic rings. The first kappa shape index (κ1) is 22.2. The monoisotopic (exact) mass is 451 g/mol. The summed E-state index contributed by atoms with van der Waals surface area (Å²) >= 11 is 0. The average Bonchev–Trinajstić information content (AvgIpc) is 2.62. The molecule has 4 bridgehead atoms. The van der Waals surface area contributed by atoms with Crippen LogP contribution < -0.4 is 15.8 Å². The second kappa shape index (κ2) is 7.55. The number of hydrogen-bond donors (Lipinski definition) is 3. The van der Waals surface area contributed by atoms with Gasteiger partial charge in [0.05, 0.1) is 0 Å². The van der Waals surface area contributed by atoms with Crippen LogP contribution in [0.4, 0.5) is 4.39 Å². The van der Waals surface area contributed by atoms with Gasteiger partial charge in [0.1, 0.15) is 16.3 Å². The fourth-order valence-corrected chi connectivity index (χ4v) is 7.90. The van der Waals surface area contributed by atoms with Crippen molar-refractivity contribution in [1.82, 2.24) is 10.0 Å². The number of nitrogens with one attached hydrogen (secondary N) is 2. The molecule has 0 aliphatic heterocycles. The molecule has 170 valence electrons. The highest BCUT2D eigenvalue weighted by Crippen LogP contribution is 2.61. The normalized spacial score (nSPS) is 32.1. The summed E-state index contributed by atoms with van der Waals surface area (Å²) in [6, 6.07) is 5.02. The van der Waals surface area contributed by atoms with Crippen LogP contribution in [0.2, 0.25) is 0 Å². The molecule has 0 spiro atoms. The van der Waals surface area contributed by atoms with Gasteiger partial charge < -0.3 is 11.1 Å². The Morgan fingerprint density at radius 3 is 2.35 bits per heavy atom. The highest BCUT2D eigenvalue weighted by atomic mass is 32.2. The van der Waals surface area contributed by atoms with Crippen LogP contribution in [0.1, 0.15) is 52.4 Å². The number of carbonyl (C=O) groups is 2. The van der Waals surface area contributed by atoms with E-state index in [1.165, 1.54) is 32.0 Å². The average molecular weight is 452 g/mol. The number of primary amides is 1. The summed E-state index contributed by atoms with van der Waals surface area (Å²) in [5.74, 6) is -0.508. The van der Waals surface area contributed by atoms with Crippen molar-refractivity contribution in [3.8, 4) is 0 Å². The second-order valence-electron chi connectivity index (χ2n) is 10.3. The third-order valence-corrected chi connectivity index (χ3v) is 9.02. The Hall–Kier alpha value is -2.00. The largest absolute Gasteiger partial charge is 0.370 e. The molecule has 5 rings (SSSR count). The number of carbonyl (C=O) groups excluding carboxylic acids is 2. The molecule has 2 atom stereocenters. The van der Waals surface area contributed by atoms with E-state index < -0.39 is 32.2 Å². The van der Waals surface area contributed by atoms with Gasteiger partial charge in [-0.25, -0.2) is 12.8 Å². The van der Waals surface area contributed by atoms with Crippen LogP contribution in [0.3, 0.4) is 0 Å². The third-order valence-electron chi connectivity index (χ3n) is 7.33. The SMILES string of the molecule is CC(C)(NS(=O)(=O)c1ccccc1F)C(=O)NC1C2CC3CC1CC(CC(N)=O)(C3)C2. The Balaban J connectivity index is 1.47. The molecular weight excluding hydrogens is 421 g/mol. The molecule has 1 aromatic carbocycles. The maximum absolute atomic E-state index is 14.0. The number of nitrogens with two attached hydrogens (primary N) is 1. The maximum Gasteiger partial charge on any atom is 0.244 e. The molecule has 4 fully saturated rings. The number of halogens is 1. The molecular formula is C22H30FN3O4S. The first-order chi connectivity index (χ1) is 14.4. The summed E-state index contributed by atoms with van der Waals surface area (Å²) in [7, 11) is -4.22. The van der Waals surface area contributed by atoms with Crippen LogP contribution in [0.25, 0.3) is 0 Å². The summed E-state index contributed by atoms with van der Waals surface area (Å²) in [5, 5.41) is 3.09. The molecule has 31 heavy (non-hydrogen) atoms. The van der Waals surface area contributed by atoms with Gasteiger partial charge in [-0.3, -0.25) is 9.59 Å². The van der Waals surface area contributed by atoms with Crippen LogP contribution in [0.5, 0.6) is 0 Å². The zero-order valence-electron chi connectivity index (χ0n) is 17.9. The highest BCUT2D eigenvalue weighted by Gasteiger charge is 2.56. The zero-order valence-corrected chi connectivity index (χ0v) is 18.7. The Kier molecular flexibility index (Phi) is 5.41. The summed E-state index contributed by atoms with van der Waals surface area (Å²) in [6.45, 7) is 2.96. The molecule has 0 heterocycles. The van der Waals surface area contributed by atoms with E-state index >= 15 is 0 Å². The molecule has 2 unspecified atom stereocenters. The minimum Gasteiger partial charge on any atom is -0.370 e. The molecule has 7 nitrogen and oxygen atoms in total. The molecule has 2 amide bonds. The van der Waals surface area contributed by atoms with Gasteiger partial charge in [0, 0.05) is 12.5 Å². The van der Waals surface area contributed by atoms with Crippen molar-refractivity contribution in [1.29, 1.82) is 0 Å². The minimum absolute atomic E-state index is 0.0501. The van der Waals surface area contributed by atoms with E-state index in [1.807, 2.05) is 0 Å². The fraction of sp³-hybridized carbons (Fsp3) is 0.636. The molecule has 9 heteroatoms. The first-order valence-electron chi connectivity index (χ1n) is 10.8. The van der Waals surface area contributed by atoms with E-state index in [2.05, 4.69) is 10.0 Å². The molecule has 1 aromatic rings. The third kappa shape index (κ3) is 4.22. The molecule has 0 saturated heterocycles. The Labute approximate surface area is 182 Å². The van der Waals surface area contributed by atoms with E-state index in [4.69, 9.17) is 5.73 Å². The molecule has 0 radical (unpaired) electrons. The number of rotatable bonds is 7. The van der Waals surface area contributed by atoms with E-state index in [1.54, 1.807) is 0 Å². The summed E-state index contributed by atoms with van der Waals surface area (Å²) in [6.07, 6.45) is 5.14. The van der Waals surface area contributed by atoms with E-state index in [-0.39, 0.29) is 29.2 Å². The van der Waals surface area contributed by atoms with Gasteiger partial charge in [-0.2, -0.15) is 4.72 Å². The van der Waals surface area contributed by atoms with Gasteiger partial charge in [0.2, 0.25) is 21.8 Å². The van der Waals surface area contributed by atoms with Crippen molar-refractivity contribution < 1.29 is 22.4 Å². The molecule has 4 aliphatic carbocycles. The molecule has 0 aromatic heterocycles. The molecule has 4 saturated carbocycles. The number of amides is 2. The highest BCUT2D eigenvalue weighted by molar-refractivity contribution is 7.89. The van der Waals surface area contributed by atoms with Gasteiger partial charge >= 0.3 is 0 Å². The van der Waals surface area contributed by atoms with E-state index in [9.17, 15) is 22.4 Å². The summed E-state index contributed by atoms with van der Waals surface area (Å²) in [4.78, 5) is 24.2. The lowest BCUT2D eigenvalue weighted by Crippen LogP contribution is -2.63. The van der Waals surface area contributed by atoms with Gasteiger partial charge in [-0.05, 0) is 81.3 Å². The number of benzene rings is 1. The van der Waals surface area contributed by atoms with Gasteiger partial charge in [-0.15, -0.1) is 0 Å². The summed E-state index contributed by atoms with van der Waals surface area (Å²) in [5.41, 5.74) is 4.00. The number of sulfonamides is 1. The minimum atomic E-state index is -4.22. The van der Waals surface area contributed by atoms with Gasteiger partial charge in [0.25, 0.3) is 0 Å². The van der Waals surface area contributed by atoms with Crippen LogP contribution in [-0.2, 0) is 19.6 Å². The summed E-state index contributed by atoms with van der Waals surface area (Å²) < 4.78 is 41.7. The van der Waals surface area contributed by atoms with Crippen molar-refractivity contribution >= 4 is 21.8 Å². The van der Waals surface area contributed by atoms with E-state index in [0.717, 1.165) is 38.2 Å². The van der Waals surface area contributed by atoms with E-state index in [0.29, 0.717) is 12.3 Å². The molecule has 4 N–H and O–H groups in total. The standard InChI is InChI=1S/C22H30FN3O4S/c1-21(2,26-31(29,30)17-6-4-3-5-16(17)23)20(28)25-19-14-7-13-8-15(19)11-22(9-13,10-14)12-18(24)27/h3-6,13-15,19,26H,7-12H2,1-2H3,(H2,24,27)(H,25,28). The van der Waals surface area contributed by atoms with Crippen molar-refractivity contribution in [3.05, 3.63) is 30.1 Å². The topological polar surface area (TPSA) is 118 Å². The quantitative estimate of drug-likeness (QED) is 0.588. The van der Waals surface area contributed by atoms with Gasteiger partial charge in [-0.1, -0.05) is 12.1 Å². The van der Waals surface area contributed by atoms with Crippen LogP contribution >= 0.6 is 0 Å². The van der Waals surface area contributed by atoms with Crippen LogP contribution in [0.15, 0.2) is 29.2 Å². The Morgan fingerprint density at radius 1 is 1.16 bits per heavy atom. The number of hydrogen-bond acceptors (Lipinski definition) is 4. The predicted molar refractivity (Wildman–Crippen MR) is 113 cm³/mol. The van der Waals surface area contributed by atoms with Crippen LogP contribution in [0, 0.1) is 29.0 Å². The smallest absolute Gasteiger partial charge is 0.244 e. The van der Waals surface area contributed by atoms with Crippen molar-refractivity contribution in [2.45, 2.75) is 68.8 Å². The Morgan fingerprint density at radius 2 is 1.77 bits per heavy atom. The fourth-order valence-electron chi connectivity index (χ4n) is 6.45. The van der Waals surface area contributed by atoms with Gasteiger partial charge in [0.15, 0.2) is 0 Å². The maximum atomic E-state index is 14.0. The lowest BCUT2D eigenvalue weighted by atomic mass is 9.47.